The summed E-state index contributed by atoms with van der Waals surface area (Å²) in [5, 5.41) is 1.05. The topological polar surface area (TPSA) is 82.0 Å². The van der Waals surface area contributed by atoms with Crippen molar-refractivity contribution in [3.8, 4) is 0 Å². The van der Waals surface area contributed by atoms with Crippen LogP contribution in [-0.4, -0.2) is 16.0 Å². The molecular weight excluding hydrogens is 194 g/mol. The van der Waals surface area contributed by atoms with Crippen LogP contribution < -0.4 is 11.5 Å². The van der Waals surface area contributed by atoms with Crippen molar-refractivity contribution in [2.75, 3.05) is 11.5 Å². The molecule has 6 heteroatoms. The fraction of sp³-hybridized carbons (Fsp3) is 0.333. The van der Waals surface area contributed by atoms with Gasteiger partial charge in [-0.1, -0.05) is 6.92 Å². The van der Waals surface area contributed by atoms with Crippen LogP contribution in [0.4, 0.5) is 5.00 Å². The van der Waals surface area contributed by atoms with E-state index in [2.05, 4.69) is 4.37 Å². The number of aromatic nitrogens is 1. The van der Waals surface area contributed by atoms with Crippen LogP contribution in [-0.2, 0) is 0 Å². The molecule has 0 unspecified atom stereocenters. The molecule has 1 heterocycles. The lowest BCUT2D eigenvalue weighted by molar-refractivity contribution is 0.0998. The van der Waals surface area contributed by atoms with Gasteiger partial charge in [0.15, 0.2) is 0 Å². The first-order valence-corrected chi connectivity index (χ1v) is 5.10. The molecule has 12 heavy (non-hydrogen) atoms. The van der Waals surface area contributed by atoms with E-state index in [1.54, 1.807) is 0 Å². The normalized spacial score (nSPS) is 10.1. The Morgan fingerprint density at radius 3 is 2.92 bits per heavy atom. The number of thioether (sulfide) groups is 1. The van der Waals surface area contributed by atoms with E-state index in [1.165, 1.54) is 11.8 Å². The van der Waals surface area contributed by atoms with E-state index in [1.807, 2.05) is 6.92 Å². The van der Waals surface area contributed by atoms with Gasteiger partial charge in [-0.3, -0.25) is 4.79 Å². The third-order valence-corrected chi connectivity index (χ3v) is 2.86. The van der Waals surface area contributed by atoms with Crippen LogP contribution in [0.3, 0.4) is 0 Å². The summed E-state index contributed by atoms with van der Waals surface area (Å²) in [5.41, 5.74) is 11.0. The third-order valence-electron chi connectivity index (χ3n) is 1.21. The predicted octanol–water partition coefficient (Wildman–Crippen LogP) is 0.936. The second-order valence-electron chi connectivity index (χ2n) is 2.02. The molecule has 66 valence electrons. The lowest BCUT2D eigenvalue weighted by atomic mass is 10.3. The second kappa shape index (κ2) is 3.77. The summed E-state index contributed by atoms with van der Waals surface area (Å²) in [5.74, 6) is 0.348. The summed E-state index contributed by atoms with van der Waals surface area (Å²) in [4.78, 5) is 10.9. The minimum atomic E-state index is -0.503. The number of carbonyl (C=O) groups is 1. The SMILES string of the molecule is CCSc1nsc(N)c1C(N)=O. The van der Waals surface area contributed by atoms with Crippen molar-refractivity contribution in [3.05, 3.63) is 5.56 Å². The number of carbonyl (C=O) groups excluding carboxylic acids is 1. The number of nitrogen functional groups attached to an aromatic ring is 1. The Hall–Kier alpha value is -0.750. The van der Waals surface area contributed by atoms with Crippen molar-refractivity contribution in [2.45, 2.75) is 11.9 Å². The smallest absolute Gasteiger partial charge is 0.254 e. The summed E-state index contributed by atoms with van der Waals surface area (Å²) < 4.78 is 4.01. The number of amides is 1. The number of nitrogens with zero attached hydrogens (tertiary/aromatic N) is 1. The van der Waals surface area contributed by atoms with E-state index < -0.39 is 5.91 Å². The standard InChI is InChI=1S/C6H9N3OS2/c1-2-11-6-3(4(7)10)5(8)12-9-6/h2,8H2,1H3,(H2,7,10). The van der Waals surface area contributed by atoms with Crippen LogP contribution in [0, 0.1) is 0 Å². The molecule has 1 amide bonds. The van der Waals surface area contributed by atoms with Crippen LogP contribution in [0.5, 0.6) is 0 Å². The van der Waals surface area contributed by atoms with Crippen LogP contribution >= 0.6 is 23.3 Å². The average Bonchev–Trinajstić information content (AvgIpc) is 2.32. The zero-order valence-corrected chi connectivity index (χ0v) is 8.17. The van der Waals surface area contributed by atoms with Crippen molar-refractivity contribution in [2.24, 2.45) is 5.73 Å². The van der Waals surface area contributed by atoms with Crippen LogP contribution in [0.15, 0.2) is 5.03 Å². The Bertz CT molecular complexity index is 297. The highest BCUT2D eigenvalue weighted by Gasteiger charge is 2.15. The number of primary amides is 1. The quantitative estimate of drug-likeness (QED) is 0.716. The lowest BCUT2D eigenvalue weighted by Crippen LogP contribution is -2.12. The zero-order valence-electron chi connectivity index (χ0n) is 6.53. The van der Waals surface area contributed by atoms with Crippen molar-refractivity contribution in [1.29, 1.82) is 0 Å². The molecule has 4 nitrogen and oxygen atoms in total. The Labute approximate surface area is 78.5 Å². The predicted molar refractivity (Wildman–Crippen MR) is 51.4 cm³/mol. The molecule has 0 radical (unpaired) electrons. The van der Waals surface area contributed by atoms with Gasteiger partial charge in [-0.05, 0) is 17.3 Å². The summed E-state index contributed by atoms with van der Waals surface area (Å²) in [6.45, 7) is 1.98. The minimum absolute atomic E-state index is 0.367. The Balaban J connectivity index is 3.04. The Morgan fingerprint density at radius 1 is 1.75 bits per heavy atom. The zero-order chi connectivity index (χ0) is 9.14. The van der Waals surface area contributed by atoms with Gasteiger partial charge in [-0.2, -0.15) is 4.37 Å². The third kappa shape index (κ3) is 1.70. The first-order chi connectivity index (χ1) is 5.66. The van der Waals surface area contributed by atoms with Crippen molar-refractivity contribution < 1.29 is 4.79 Å². The first kappa shape index (κ1) is 9.34. The van der Waals surface area contributed by atoms with Gasteiger partial charge in [0.05, 0.1) is 0 Å². The summed E-state index contributed by atoms with van der Waals surface area (Å²) in [7, 11) is 0. The van der Waals surface area contributed by atoms with Crippen molar-refractivity contribution in [3.63, 3.8) is 0 Å². The van der Waals surface area contributed by atoms with E-state index in [-0.39, 0.29) is 0 Å². The molecule has 0 bridgehead atoms. The largest absolute Gasteiger partial charge is 0.389 e. The molecule has 1 aromatic rings. The van der Waals surface area contributed by atoms with E-state index in [0.29, 0.717) is 15.6 Å². The maximum atomic E-state index is 10.9. The van der Waals surface area contributed by atoms with Gasteiger partial charge in [0.25, 0.3) is 5.91 Å². The molecule has 1 rings (SSSR count). The molecule has 0 aliphatic carbocycles. The van der Waals surface area contributed by atoms with Crippen LogP contribution in [0.1, 0.15) is 17.3 Å². The van der Waals surface area contributed by atoms with E-state index in [4.69, 9.17) is 11.5 Å². The molecule has 1 aromatic heterocycles. The fourth-order valence-corrected chi connectivity index (χ4v) is 2.33. The van der Waals surface area contributed by atoms with Gasteiger partial charge in [-0.25, -0.2) is 0 Å². The van der Waals surface area contributed by atoms with Gasteiger partial charge in [0.1, 0.15) is 15.6 Å². The highest BCUT2D eigenvalue weighted by atomic mass is 32.2. The summed E-state index contributed by atoms with van der Waals surface area (Å²) in [6, 6.07) is 0. The van der Waals surface area contributed by atoms with Gasteiger partial charge in [0, 0.05) is 0 Å². The molecule has 0 saturated heterocycles. The fourth-order valence-electron chi connectivity index (χ4n) is 0.749. The van der Waals surface area contributed by atoms with Gasteiger partial charge in [-0.15, -0.1) is 11.8 Å². The number of anilines is 1. The molecule has 0 fully saturated rings. The molecule has 0 saturated carbocycles. The van der Waals surface area contributed by atoms with Crippen LogP contribution in [0.25, 0.3) is 0 Å². The second-order valence-corrected chi connectivity index (χ2v) is 4.08. The number of hydrogen-bond donors (Lipinski definition) is 2. The minimum Gasteiger partial charge on any atom is -0.389 e. The van der Waals surface area contributed by atoms with E-state index in [9.17, 15) is 4.79 Å². The molecule has 0 aliphatic rings. The maximum Gasteiger partial charge on any atom is 0.254 e. The van der Waals surface area contributed by atoms with Gasteiger partial charge < -0.3 is 11.5 Å². The molecule has 0 aliphatic heterocycles. The number of rotatable bonds is 3. The molecule has 0 atom stereocenters. The number of hydrogen-bond acceptors (Lipinski definition) is 5. The average molecular weight is 203 g/mol. The summed E-state index contributed by atoms with van der Waals surface area (Å²) >= 11 is 2.57. The van der Waals surface area contributed by atoms with E-state index in [0.717, 1.165) is 17.3 Å². The highest BCUT2D eigenvalue weighted by molar-refractivity contribution is 7.99. The molecule has 0 aromatic carbocycles. The molecule has 0 spiro atoms. The first-order valence-electron chi connectivity index (χ1n) is 3.34. The van der Waals surface area contributed by atoms with Crippen LogP contribution in [0.2, 0.25) is 0 Å². The van der Waals surface area contributed by atoms with E-state index >= 15 is 0 Å². The van der Waals surface area contributed by atoms with Crippen molar-refractivity contribution >= 4 is 34.2 Å². The molecular formula is C6H9N3OS2. The van der Waals surface area contributed by atoms with Gasteiger partial charge in [0.2, 0.25) is 0 Å². The monoisotopic (exact) mass is 203 g/mol. The Morgan fingerprint density at radius 2 is 2.42 bits per heavy atom. The molecule has 4 N–H and O–H groups in total. The van der Waals surface area contributed by atoms with Crippen molar-refractivity contribution in [1.82, 2.24) is 4.37 Å². The summed E-state index contributed by atoms with van der Waals surface area (Å²) in [6.07, 6.45) is 0. The Kier molecular flexibility index (Phi) is 2.93. The highest BCUT2D eigenvalue weighted by Crippen LogP contribution is 2.28. The lowest BCUT2D eigenvalue weighted by Gasteiger charge is -1.95. The van der Waals surface area contributed by atoms with Gasteiger partial charge >= 0.3 is 0 Å². The number of nitrogens with two attached hydrogens (primary N) is 2. The maximum absolute atomic E-state index is 10.9.